The molecule has 0 saturated carbocycles. The summed E-state index contributed by atoms with van der Waals surface area (Å²) >= 11 is 1.69. The molecule has 16 heavy (non-hydrogen) atoms. The molecule has 0 spiro atoms. The molecule has 0 radical (unpaired) electrons. The maximum absolute atomic E-state index is 10.3. The predicted molar refractivity (Wildman–Crippen MR) is 61.1 cm³/mol. The molecule has 0 N–H and O–H groups in total. The largest absolute Gasteiger partial charge is 1.00 e. The van der Waals surface area contributed by atoms with Gasteiger partial charge in [-0.05, 0) is 41.7 Å². The van der Waals surface area contributed by atoms with Gasteiger partial charge in [0.15, 0.2) is 0 Å². The quantitative estimate of drug-likeness (QED) is 0.378. The fourth-order valence-corrected chi connectivity index (χ4v) is 2.66. The molecule has 86 valence electrons. The van der Waals surface area contributed by atoms with Crippen molar-refractivity contribution >= 4 is 21.5 Å². The fourth-order valence-electron chi connectivity index (χ4n) is 1.40. The molecule has 0 bridgehead atoms. The Morgan fingerprint density at radius 3 is 2.44 bits per heavy atom. The Balaban J connectivity index is 0.00000225. The van der Waals surface area contributed by atoms with Crippen LogP contribution in [-0.2, 0) is 16.5 Å². The van der Waals surface area contributed by atoms with Gasteiger partial charge in [-0.25, -0.2) is 8.42 Å². The van der Waals surface area contributed by atoms with E-state index in [0.717, 1.165) is 25.7 Å². The summed E-state index contributed by atoms with van der Waals surface area (Å²) in [5.74, 6) is -0.217. The van der Waals surface area contributed by atoms with Crippen LogP contribution in [0.5, 0.6) is 0 Å². The Morgan fingerprint density at radius 2 is 1.88 bits per heavy atom. The number of unbranched alkanes of at least 4 members (excludes halogenated alkanes) is 3. The molecule has 0 amide bonds. The molecule has 0 aliphatic rings. The molecule has 0 aliphatic heterocycles. The zero-order valence-electron chi connectivity index (χ0n) is 9.52. The second-order valence-electron chi connectivity index (χ2n) is 3.56. The predicted octanol–water partition coefficient (Wildman–Crippen LogP) is -0.600. The van der Waals surface area contributed by atoms with Gasteiger partial charge in [0.05, 0.1) is 10.1 Å². The smallest absolute Gasteiger partial charge is 0.748 e. The Kier molecular flexibility index (Phi) is 8.99. The van der Waals surface area contributed by atoms with E-state index in [0.29, 0.717) is 6.42 Å². The third-order valence-electron chi connectivity index (χ3n) is 2.19. The van der Waals surface area contributed by atoms with Crippen LogP contribution in [0, 0.1) is 0 Å². The summed E-state index contributed by atoms with van der Waals surface area (Å²) in [5, 5.41) is 4.18. The minimum atomic E-state index is -4.00. The maximum atomic E-state index is 10.3. The number of thiophene rings is 1. The second kappa shape index (κ2) is 8.66. The van der Waals surface area contributed by atoms with Crippen LogP contribution in [0.15, 0.2) is 16.8 Å². The molecule has 1 rings (SSSR count). The van der Waals surface area contributed by atoms with E-state index in [1.54, 1.807) is 11.3 Å². The van der Waals surface area contributed by atoms with Crippen LogP contribution < -0.4 is 29.6 Å². The van der Waals surface area contributed by atoms with Gasteiger partial charge in [-0.15, -0.1) is 0 Å². The minimum Gasteiger partial charge on any atom is -0.748 e. The van der Waals surface area contributed by atoms with Gasteiger partial charge >= 0.3 is 29.6 Å². The van der Waals surface area contributed by atoms with Crippen LogP contribution in [0.25, 0.3) is 0 Å². The van der Waals surface area contributed by atoms with E-state index >= 15 is 0 Å². The van der Waals surface area contributed by atoms with Crippen molar-refractivity contribution in [1.29, 1.82) is 0 Å². The van der Waals surface area contributed by atoms with Crippen molar-refractivity contribution in [2.24, 2.45) is 0 Å². The van der Waals surface area contributed by atoms with Crippen LogP contribution in [0.2, 0.25) is 0 Å². The van der Waals surface area contributed by atoms with Gasteiger partial charge < -0.3 is 4.55 Å². The van der Waals surface area contributed by atoms with E-state index in [1.165, 1.54) is 5.56 Å². The fraction of sp³-hybridized carbons (Fsp3) is 0.600. The van der Waals surface area contributed by atoms with Crippen molar-refractivity contribution < 1.29 is 42.5 Å². The molecule has 0 aromatic carbocycles. The molecular weight excluding hydrogens is 255 g/mol. The molecule has 1 aromatic heterocycles. The zero-order chi connectivity index (χ0) is 11.1. The number of aryl methyl sites for hydroxylation is 1. The first-order valence-electron chi connectivity index (χ1n) is 5.02. The Morgan fingerprint density at radius 1 is 1.19 bits per heavy atom. The van der Waals surface area contributed by atoms with Crippen LogP contribution >= 0.6 is 11.3 Å². The van der Waals surface area contributed by atoms with Crippen molar-refractivity contribution in [3.8, 4) is 0 Å². The summed E-state index contributed by atoms with van der Waals surface area (Å²) in [4.78, 5) is 0. The van der Waals surface area contributed by atoms with Crippen LogP contribution in [-0.4, -0.2) is 18.7 Å². The van der Waals surface area contributed by atoms with Crippen LogP contribution in [0.3, 0.4) is 0 Å². The van der Waals surface area contributed by atoms with Crippen molar-refractivity contribution in [3.05, 3.63) is 22.4 Å². The van der Waals surface area contributed by atoms with E-state index in [1.807, 2.05) is 0 Å². The van der Waals surface area contributed by atoms with Gasteiger partial charge in [0.1, 0.15) is 0 Å². The van der Waals surface area contributed by atoms with E-state index in [4.69, 9.17) is 0 Å². The van der Waals surface area contributed by atoms with Crippen molar-refractivity contribution in [2.75, 3.05) is 5.75 Å². The van der Waals surface area contributed by atoms with Crippen molar-refractivity contribution in [1.82, 2.24) is 0 Å². The van der Waals surface area contributed by atoms with Gasteiger partial charge in [-0.1, -0.05) is 12.8 Å². The van der Waals surface area contributed by atoms with Crippen LogP contribution in [0.4, 0.5) is 0 Å². The number of hydrogen-bond acceptors (Lipinski definition) is 4. The molecule has 1 aromatic rings. The van der Waals surface area contributed by atoms with Gasteiger partial charge in [-0.2, -0.15) is 11.3 Å². The monoisotopic (exact) mass is 270 g/mol. The van der Waals surface area contributed by atoms with Crippen LogP contribution in [0.1, 0.15) is 31.2 Å². The molecule has 0 unspecified atom stereocenters. The van der Waals surface area contributed by atoms with E-state index in [9.17, 15) is 13.0 Å². The second-order valence-corrected chi connectivity index (χ2v) is 5.86. The topological polar surface area (TPSA) is 57.2 Å². The van der Waals surface area contributed by atoms with E-state index in [2.05, 4.69) is 16.8 Å². The first-order chi connectivity index (χ1) is 7.08. The molecule has 1 heterocycles. The molecule has 6 heteroatoms. The molecule has 0 atom stereocenters. The Labute approximate surface area is 123 Å². The summed E-state index contributed by atoms with van der Waals surface area (Å²) in [7, 11) is -4.00. The summed E-state index contributed by atoms with van der Waals surface area (Å²) in [6, 6.07) is 2.10. The SMILES string of the molecule is O=S(=O)([O-])CCCCCCc1ccsc1.[Na+]. The van der Waals surface area contributed by atoms with Gasteiger partial charge in [0, 0.05) is 5.75 Å². The summed E-state index contributed by atoms with van der Waals surface area (Å²) in [6.45, 7) is 0. The van der Waals surface area contributed by atoms with Crippen molar-refractivity contribution in [2.45, 2.75) is 32.1 Å². The third-order valence-corrected chi connectivity index (χ3v) is 3.71. The zero-order valence-corrected chi connectivity index (χ0v) is 13.1. The first kappa shape index (κ1) is 16.6. The van der Waals surface area contributed by atoms with Gasteiger partial charge in [0.2, 0.25) is 0 Å². The van der Waals surface area contributed by atoms with E-state index in [-0.39, 0.29) is 35.3 Å². The average Bonchev–Trinajstić information content (AvgIpc) is 2.61. The van der Waals surface area contributed by atoms with Crippen molar-refractivity contribution in [3.63, 3.8) is 0 Å². The Bertz CT molecular complexity index is 359. The summed E-state index contributed by atoms with van der Waals surface area (Å²) in [6.07, 6.45) is 4.43. The molecule has 0 aliphatic carbocycles. The third kappa shape index (κ3) is 8.73. The minimum absolute atomic E-state index is 0. The average molecular weight is 270 g/mol. The first-order valence-corrected chi connectivity index (χ1v) is 7.54. The summed E-state index contributed by atoms with van der Waals surface area (Å²) < 4.78 is 30.9. The maximum Gasteiger partial charge on any atom is 1.00 e. The standard InChI is InChI=1S/C10H16O3S2.Na/c11-15(12,13)8-4-2-1-3-5-10-6-7-14-9-10;/h6-7,9H,1-5,8H2,(H,11,12,13);/q;+1/p-1. The van der Waals surface area contributed by atoms with Gasteiger partial charge in [-0.3, -0.25) is 0 Å². The Hall–Kier alpha value is 0.610. The molecule has 0 fully saturated rings. The van der Waals surface area contributed by atoms with E-state index < -0.39 is 10.1 Å². The molecule has 0 saturated heterocycles. The summed E-state index contributed by atoms with van der Waals surface area (Å²) in [5.41, 5.74) is 1.34. The molecular formula is C10H15NaO3S2. The normalized spacial score (nSPS) is 11.1. The number of hydrogen-bond donors (Lipinski definition) is 0. The molecule has 3 nitrogen and oxygen atoms in total. The van der Waals surface area contributed by atoms with Gasteiger partial charge in [0.25, 0.3) is 0 Å². The number of rotatable bonds is 7.